The molecule has 0 spiro atoms. The van der Waals surface area contributed by atoms with E-state index in [0.29, 0.717) is 16.3 Å². The maximum Gasteiger partial charge on any atom is 0.252 e. The number of hydrogen-bond acceptors (Lipinski definition) is 3. The quantitative estimate of drug-likeness (QED) is 0.305. The highest BCUT2D eigenvalue weighted by molar-refractivity contribution is 7.92. The monoisotopic (exact) mass is 518 g/mol. The molecule has 0 unspecified atom stereocenters. The number of halogens is 1. The predicted octanol–water partition coefficient (Wildman–Crippen LogP) is 6.13. The number of carbonyl (C=O) groups excluding carboxylic acids is 1. The summed E-state index contributed by atoms with van der Waals surface area (Å²) in [6.07, 6.45) is 1.16. The van der Waals surface area contributed by atoms with Gasteiger partial charge in [-0.25, -0.2) is 8.42 Å². The third kappa shape index (κ3) is 6.33. The van der Waals surface area contributed by atoms with Crippen molar-refractivity contribution in [1.29, 1.82) is 0 Å². The topological polar surface area (TPSA) is 66.5 Å². The summed E-state index contributed by atoms with van der Waals surface area (Å²) in [5.41, 5.74) is 4.83. The van der Waals surface area contributed by atoms with Gasteiger partial charge in [0.25, 0.3) is 5.91 Å². The lowest BCUT2D eigenvalue weighted by molar-refractivity contribution is 0.0943. The fourth-order valence-electron chi connectivity index (χ4n) is 3.94. The van der Waals surface area contributed by atoms with Crippen LogP contribution in [0.1, 0.15) is 38.7 Å². The average molecular weight is 519 g/mol. The van der Waals surface area contributed by atoms with Gasteiger partial charge in [0.2, 0.25) is 10.0 Å². The number of carbonyl (C=O) groups is 1. The van der Waals surface area contributed by atoms with E-state index in [1.54, 1.807) is 48.5 Å². The molecule has 1 amide bonds. The Bertz CT molecular complexity index is 1440. The van der Waals surface area contributed by atoms with Gasteiger partial charge in [-0.2, -0.15) is 0 Å². The Balaban J connectivity index is 1.54. The molecule has 0 aliphatic rings. The molecule has 1 N–H and O–H groups in total. The second-order valence-corrected chi connectivity index (χ2v) is 11.0. The molecule has 0 aliphatic carbocycles. The summed E-state index contributed by atoms with van der Waals surface area (Å²) < 4.78 is 26.2. The summed E-state index contributed by atoms with van der Waals surface area (Å²) in [5, 5.41) is 3.60. The van der Waals surface area contributed by atoms with Crippen LogP contribution < -0.4 is 9.62 Å². The maximum atomic E-state index is 13.2. The first-order valence-corrected chi connectivity index (χ1v) is 13.7. The van der Waals surface area contributed by atoms with Crippen LogP contribution in [0, 0.1) is 6.92 Å². The number of nitrogens with one attached hydrogen (secondary N) is 1. The van der Waals surface area contributed by atoms with Crippen LogP contribution in [-0.2, 0) is 16.6 Å². The predicted molar refractivity (Wildman–Crippen MR) is 146 cm³/mol. The lowest BCUT2D eigenvalue weighted by Crippen LogP contribution is -2.30. The molecule has 0 bridgehead atoms. The minimum absolute atomic E-state index is 0.122. The lowest BCUT2D eigenvalue weighted by atomic mass is 9.97. The highest BCUT2D eigenvalue weighted by Crippen LogP contribution is 2.25. The van der Waals surface area contributed by atoms with Crippen LogP contribution in [0.15, 0.2) is 103 Å². The van der Waals surface area contributed by atoms with Gasteiger partial charge in [-0.3, -0.25) is 9.10 Å². The van der Waals surface area contributed by atoms with Crippen LogP contribution in [-0.4, -0.2) is 20.6 Å². The Morgan fingerprint density at radius 1 is 0.861 bits per heavy atom. The maximum absolute atomic E-state index is 13.2. The van der Waals surface area contributed by atoms with Crippen molar-refractivity contribution in [3.63, 3.8) is 0 Å². The fourth-order valence-corrected chi connectivity index (χ4v) is 5.00. The number of anilines is 1. The second kappa shape index (κ2) is 11.0. The molecule has 0 saturated heterocycles. The Labute approximate surface area is 217 Å². The van der Waals surface area contributed by atoms with Gasteiger partial charge in [0.1, 0.15) is 0 Å². The van der Waals surface area contributed by atoms with E-state index in [1.807, 2.05) is 61.5 Å². The molecule has 4 rings (SSSR count). The molecule has 0 radical (unpaired) electrons. The summed E-state index contributed by atoms with van der Waals surface area (Å²) in [6.45, 7) is 2.15. The summed E-state index contributed by atoms with van der Waals surface area (Å²) in [4.78, 5) is 13.2. The minimum atomic E-state index is -3.54. The molecule has 4 aromatic rings. The first-order valence-electron chi connectivity index (χ1n) is 11.5. The van der Waals surface area contributed by atoms with Crippen molar-refractivity contribution in [2.45, 2.75) is 19.5 Å². The number of benzene rings is 4. The van der Waals surface area contributed by atoms with Crippen LogP contribution in [0.5, 0.6) is 0 Å². The smallest absolute Gasteiger partial charge is 0.252 e. The second-order valence-electron chi connectivity index (χ2n) is 8.67. The molecule has 4 aromatic carbocycles. The van der Waals surface area contributed by atoms with E-state index in [2.05, 4.69) is 5.32 Å². The molecule has 7 heteroatoms. The number of hydrogen-bond donors (Lipinski definition) is 1. The van der Waals surface area contributed by atoms with E-state index in [0.717, 1.165) is 28.5 Å². The molecule has 0 aromatic heterocycles. The molecule has 5 nitrogen and oxygen atoms in total. The van der Waals surface area contributed by atoms with Crippen molar-refractivity contribution in [3.05, 3.63) is 136 Å². The van der Waals surface area contributed by atoms with E-state index in [1.165, 1.54) is 4.31 Å². The zero-order valence-electron chi connectivity index (χ0n) is 20.1. The van der Waals surface area contributed by atoms with E-state index >= 15 is 0 Å². The number of nitrogens with zero attached hydrogens (tertiary/aromatic N) is 1. The molecule has 0 saturated carbocycles. The van der Waals surface area contributed by atoms with Gasteiger partial charge in [-0.1, -0.05) is 90.0 Å². The Morgan fingerprint density at radius 2 is 1.50 bits per heavy atom. The van der Waals surface area contributed by atoms with Crippen LogP contribution in [0.4, 0.5) is 5.69 Å². The Morgan fingerprint density at radius 3 is 2.11 bits per heavy atom. The fraction of sp³-hybridized carbons (Fsp3) is 0.138. The van der Waals surface area contributed by atoms with Crippen LogP contribution in [0.2, 0.25) is 5.02 Å². The van der Waals surface area contributed by atoms with Crippen molar-refractivity contribution < 1.29 is 13.2 Å². The molecular formula is C29H27ClN2O3S. The van der Waals surface area contributed by atoms with Gasteiger partial charge in [0.05, 0.1) is 24.5 Å². The molecule has 0 fully saturated rings. The van der Waals surface area contributed by atoms with Crippen LogP contribution in [0.25, 0.3) is 0 Å². The lowest BCUT2D eigenvalue weighted by Gasteiger charge is -2.23. The molecule has 1 atom stereocenters. The molecule has 184 valence electrons. The van der Waals surface area contributed by atoms with Gasteiger partial charge in [0.15, 0.2) is 0 Å². The van der Waals surface area contributed by atoms with Gasteiger partial charge in [0, 0.05) is 10.6 Å². The van der Waals surface area contributed by atoms with Crippen molar-refractivity contribution in [2.75, 3.05) is 10.6 Å². The van der Waals surface area contributed by atoms with Crippen molar-refractivity contribution >= 4 is 33.2 Å². The van der Waals surface area contributed by atoms with Gasteiger partial charge in [-0.15, -0.1) is 0 Å². The summed E-state index contributed by atoms with van der Waals surface area (Å²) in [7, 11) is -3.54. The number of amides is 1. The molecule has 36 heavy (non-hydrogen) atoms. The zero-order valence-corrected chi connectivity index (χ0v) is 21.6. The standard InChI is InChI=1S/C29H27ClN2O3S/c1-21-11-15-24(16-12-21)28(23-7-4-3-5-8-23)31-29(33)25-17-13-22(14-18-25)20-32(36(2,34)35)27-10-6-9-26(30)19-27/h3-19,28H,20H2,1-2H3,(H,31,33)/t28-/m1/s1. The van der Waals surface area contributed by atoms with Gasteiger partial charge >= 0.3 is 0 Å². The van der Waals surface area contributed by atoms with E-state index in [9.17, 15) is 13.2 Å². The van der Waals surface area contributed by atoms with Crippen LogP contribution in [0.3, 0.4) is 0 Å². The van der Waals surface area contributed by atoms with E-state index in [-0.39, 0.29) is 18.5 Å². The number of sulfonamides is 1. The van der Waals surface area contributed by atoms with Gasteiger partial charge < -0.3 is 5.32 Å². The van der Waals surface area contributed by atoms with Crippen molar-refractivity contribution in [2.24, 2.45) is 0 Å². The highest BCUT2D eigenvalue weighted by Gasteiger charge is 2.20. The summed E-state index contributed by atoms with van der Waals surface area (Å²) >= 11 is 6.07. The first kappa shape index (κ1) is 25.5. The summed E-state index contributed by atoms with van der Waals surface area (Å²) in [6, 6.07) is 31.3. The van der Waals surface area contributed by atoms with Gasteiger partial charge in [-0.05, 0) is 53.9 Å². The SMILES string of the molecule is Cc1ccc([C@H](NC(=O)c2ccc(CN(c3cccc(Cl)c3)S(C)(=O)=O)cc2)c2ccccc2)cc1. The molecular weight excluding hydrogens is 492 g/mol. The third-order valence-electron chi connectivity index (χ3n) is 5.86. The van der Waals surface area contributed by atoms with E-state index < -0.39 is 10.0 Å². The van der Waals surface area contributed by atoms with E-state index in [4.69, 9.17) is 11.6 Å². The van der Waals surface area contributed by atoms with Crippen molar-refractivity contribution in [3.8, 4) is 0 Å². The normalized spacial score (nSPS) is 12.1. The minimum Gasteiger partial charge on any atom is -0.341 e. The third-order valence-corrected chi connectivity index (χ3v) is 7.23. The largest absolute Gasteiger partial charge is 0.341 e. The number of aryl methyl sites for hydroxylation is 1. The Kier molecular flexibility index (Phi) is 7.77. The zero-order chi connectivity index (χ0) is 25.7. The van der Waals surface area contributed by atoms with Crippen molar-refractivity contribution in [1.82, 2.24) is 5.32 Å². The highest BCUT2D eigenvalue weighted by atomic mass is 35.5. The Hall–Kier alpha value is -3.61. The van der Waals surface area contributed by atoms with Crippen LogP contribution >= 0.6 is 11.6 Å². The summed E-state index contributed by atoms with van der Waals surface area (Å²) in [5.74, 6) is -0.217. The number of rotatable bonds is 8. The first-order chi connectivity index (χ1) is 17.2. The average Bonchev–Trinajstić information content (AvgIpc) is 2.86. The molecule has 0 heterocycles. The molecule has 0 aliphatic heterocycles.